The van der Waals surface area contributed by atoms with Crippen molar-refractivity contribution in [1.29, 1.82) is 0 Å². The van der Waals surface area contributed by atoms with Gasteiger partial charge in [-0.15, -0.1) is 0 Å². The summed E-state index contributed by atoms with van der Waals surface area (Å²) in [6.07, 6.45) is 3.59. The largest absolute Gasteiger partial charge is 0.364 e. The van der Waals surface area contributed by atoms with E-state index in [1.807, 2.05) is 11.9 Å². The number of hydrogen-bond donors (Lipinski definition) is 1. The molecule has 2 N–H and O–H groups in total. The first-order valence-electron chi connectivity index (χ1n) is 7.87. The van der Waals surface area contributed by atoms with Crippen LogP contribution in [-0.2, 0) is 0 Å². The number of hydrogen-bond acceptors (Lipinski definition) is 5. The van der Waals surface area contributed by atoms with Crippen molar-refractivity contribution in [3.63, 3.8) is 0 Å². The van der Waals surface area contributed by atoms with Crippen LogP contribution in [0.4, 0.5) is 10.6 Å². The summed E-state index contributed by atoms with van der Waals surface area (Å²) in [7, 11) is 1.83. The number of rotatable bonds is 3. The van der Waals surface area contributed by atoms with Crippen molar-refractivity contribution in [2.75, 3.05) is 38.1 Å². The molecular formula is C15H22N6O2. The molecule has 0 aliphatic carbocycles. The van der Waals surface area contributed by atoms with E-state index in [1.54, 1.807) is 18.0 Å². The average Bonchev–Trinajstić information content (AvgIpc) is 2.86. The van der Waals surface area contributed by atoms with E-state index in [0.29, 0.717) is 5.69 Å². The Morgan fingerprint density at radius 2 is 2.13 bits per heavy atom. The Bertz CT molecular complexity index is 634. The van der Waals surface area contributed by atoms with Gasteiger partial charge in [0, 0.05) is 33.2 Å². The van der Waals surface area contributed by atoms with Crippen LogP contribution in [0.1, 0.15) is 29.0 Å². The van der Waals surface area contributed by atoms with Crippen LogP contribution in [0.15, 0.2) is 6.20 Å². The molecule has 2 aliphatic rings. The maximum absolute atomic E-state index is 12.2. The maximum Gasteiger partial charge on any atom is 0.320 e. The fourth-order valence-corrected chi connectivity index (χ4v) is 3.29. The Labute approximate surface area is 135 Å². The first kappa shape index (κ1) is 15.5. The zero-order valence-electron chi connectivity index (χ0n) is 13.5. The minimum Gasteiger partial charge on any atom is -0.364 e. The lowest BCUT2D eigenvalue weighted by Gasteiger charge is -2.37. The van der Waals surface area contributed by atoms with E-state index < -0.39 is 5.91 Å². The van der Waals surface area contributed by atoms with Crippen molar-refractivity contribution in [2.45, 2.75) is 25.8 Å². The lowest BCUT2D eigenvalue weighted by atomic mass is 10.0. The van der Waals surface area contributed by atoms with Gasteiger partial charge in [-0.1, -0.05) is 0 Å². The minimum absolute atomic E-state index is 0.100. The molecule has 0 unspecified atom stereocenters. The Hall–Kier alpha value is -2.38. The van der Waals surface area contributed by atoms with Gasteiger partial charge in [0.25, 0.3) is 5.91 Å². The monoisotopic (exact) mass is 318 g/mol. The van der Waals surface area contributed by atoms with Crippen LogP contribution in [0.25, 0.3) is 0 Å². The molecular weight excluding hydrogens is 296 g/mol. The summed E-state index contributed by atoms with van der Waals surface area (Å²) >= 11 is 0. The number of carbonyl (C=O) groups excluding carboxylic acids is 2. The molecule has 124 valence electrons. The molecule has 3 amide bonds. The van der Waals surface area contributed by atoms with Gasteiger partial charge in [0.2, 0.25) is 0 Å². The molecule has 8 nitrogen and oxygen atoms in total. The van der Waals surface area contributed by atoms with Crippen molar-refractivity contribution < 1.29 is 9.59 Å². The number of likely N-dealkylation sites (N-methyl/N-ethyl adjacent to an activating group) is 1. The SMILES string of the molecule is Cc1nc(N2CCC[C@H](N3CCN(C)C3=O)C2)cnc1C(N)=O. The van der Waals surface area contributed by atoms with E-state index in [0.717, 1.165) is 44.8 Å². The third kappa shape index (κ3) is 2.93. The van der Waals surface area contributed by atoms with Gasteiger partial charge in [-0.05, 0) is 19.8 Å². The summed E-state index contributed by atoms with van der Waals surface area (Å²) in [5.74, 6) is 0.168. The molecule has 3 rings (SSSR count). The van der Waals surface area contributed by atoms with Crippen molar-refractivity contribution in [3.8, 4) is 0 Å². The highest BCUT2D eigenvalue weighted by Crippen LogP contribution is 2.23. The second kappa shape index (κ2) is 6.02. The summed E-state index contributed by atoms with van der Waals surface area (Å²) in [6.45, 7) is 4.90. The molecule has 1 aromatic rings. The molecule has 0 aromatic carbocycles. The quantitative estimate of drug-likeness (QED) is 0.860. The third-order valence-electron chi connectivity index (χ3n) is 4.58. The summed E-state index contributed by atoms with van der Waals surface area (Å²) in [5, 5.41) is 0. The Balaban J connectivity index is 1.75. The number of aromatic nitrogens is 2. The number of nitrogens with zero attached hydrogens (tertiary/aromatic N) is 5. The second-order valence-corrected chi connectivity index (χ2v) is 6.17. The first-order chi connectivity index (χ1) is 11.0. The average molecular weight is 318 g/mol. The summed E-state index contributed by atoms with van der Waals surface area (Å²) in [6, 6.07) is 0.294. The standard InChI is InChI=1S/C15H22N6O2/c1-10-13(14(16)22)17-8-12(18-10)20-5-3-4-11(9-20)21-7-6-19(2)15(21)23/h8,11H,3-7,9H2,1-2H3,(H2,16,22)/t11-/m0/s1. The Morgan fingerprint density at radius 3 is 2.74 bits per heavy atom. The molecule has 3 heterocycles. The van der Waals surface area contributed by atoms with Gasteiger partial charge in [0.05, 0.1) is 17.9 Å². The Morgan fingerprint density at radius 1 is 1.35 bits per heavy atom. The van der Waals surface area contributed by atoms with Gasteiger partial charge in [-0.25, -0.2) is 14.8 Å². The van der Waals surface area contributed by atoms with E-state index >= 15 is 0 Å². The number of piperidine rings is 1. The topological polar surface area (TPSA) is 95.7 Å². The van der Waals surface area contributed by atoms with Crippen LogP contribution >= 0.6 is 0 Å². The number of nitrogens with two attached hydrogens (primary N) is 1. The maximum atomic E-state index is 12.2. The molecule has 1 aromatic heterocycles. The number of aryl methyl sites for hydroxylation is 1. The zero-order valence-corrected chi connectivity index (χ0v) is 13.5. The second-order valence-electron chi connectivity index (χ2n) is 6.17. The Kier molecular flexibility index (Phi) is 4.06. The number of anilines is 1. The van der Waals surface area contributed by atoms with Crippen molar-refractivity contribution >= 4 is 17.8 Å². The summed E-state index contributed by atoms with van der Waals surface area (Å²) < 4.78 is 0. The van der Waals surface area contributed by atoms with Crippen molar-refractivity contribution in [2.24, 2.45) is 5.73 Å². The van der Waals surface area contributed by atoms with Gasteiger partial charge in [0.15, 0.2) is 0 Å². The van der Waals surface area contributed by atoms with Crippen LogP contribution < -0.4 is 10.6 Å². The smallest absolute Gasteiger partial charge is 0.320 e. The van der Waals surface area contributed by atoms with Crippen LogP contribution in [-0.4, -0.2) is 71.0 Å². The van der Waals surface area contributed by atoms with Gasteiger partial charge in [-0.2, -0.15) is 0 Å². The van der Waals surface area contributed by atoms with E-state index in [4.69, 9.17) is 5.73 Å². The molecule has 0 spiro atoms. The van der Waals surface area contributed by atoms with Crippen LogP contribution in [0, 0.1) is 6.92 Å². The lowest BCUT2D eigenvalue weighted by Crippen LogP contribution is -2.49. The van der Waals surface area contributed by atoms with Gasteiger partial charge in [0.1, 0.15) is 11.5 Å². The summed E-state index contributed by atoms with van der Waals surface area (Å²) in [5.41, 5.74) is 6.02. The van der Waals surface area contributed by atoms with Gasteiger partial charge >= 0.3 is 6.03 Å². The first-order valence-corrected chi connectivity index (χ1v) is 7.87. The normalized spacial score (nSPS) is 21.9. The van der Waals surface area contributed by atoms with Gasteiger partial charge in [-0.3, -0.25) is 4.79 Å². The molecule has 0 saturated carbocycles. The highest BCUT2D eigenvalue weighted by Gasteiger charge is 2.34. The molecule has 23 heavy (non-hydrogen) atoms. The van der Waals surface area contributed by atoms with Gasteiger partial charge < -0.3 is 20.4 Å². The van der Waals surface area contributed by atoms with E-state index in [-0.39, 0.29) is 17.8 Å². The molecule has 0 radical (unpaired) electrons. The molecule has 2 aliphatic heterocycles. The number of carbonyl (C=O) groups is 2. The molecule has 1 atom stereocenters. The van der Waals surface area contributed by atoms with E-state index in [9.17, 15) is 9.59 Å². The van der Waals surface area contributed by atoms with Crippen molar-refractivity contribution in [3.05, 3.63) is 17.6 Å². The molecule has 8 heteroatoms. The van der Waals surface area contributed by atoms with E-state index in [1.165, 1.54) is 0 Å². The third-order valence-corrected chi connectivity index (χ3v) is 4.58. The van der Waals surface area contributed by atoms with Crippen LogP contribution in [0.2, 0.25) is 0 Å². The highest BCUT2D eigenvalue weighted by molar-refractivity contribution is 5.91. The predicted octanol–water partition coefficient (Wildman–Crippen LogP) is 0.220. The minimum atomic E-state index is -0.566. The molecule has 0 bridgehead atoms. The fraction of sp³-hybridized carbons (Fsp3) is 0.600. The lowest BCUT2D eigenvalue weighted by molar-refractivity contribution is 0.0994. The zero-order chi connectivity index (χ0) is 16.6. The van der Waals surface area contributed by atoms with Crippen LogP contribution in [0.5, 0.6) is 0 Å². The summed E-state index contributed by atoms with van der Waals surface area (Å²) in [4.78, 5) is 37.9. The van der Waals surface area contributed by atoms with E-state index in [2.05, 4.69) is 14.9 Å². The van der Waals surface area contributed by atoms with Crippen molar-refractivity contribution in [1.82, 2.24) is 19.8 Å². The number of urea groups is 1. The fourth-order valence-electron chi connectivity index (χ4n) is 3.29. The predicted molar refractivity (Wildman–Crippen MR) is 85.3 cm³/mol. The number of amides is 3. The molecule has 2 saturated heterocycles. The number of primary amides is 1. The molecule has 2 fully saturated rings. The van der Waals surface area contributed by atoms with Crippen LogP contribution in [0.3, 0.4) is 0 Å². The highest BCUT2D eigenvalue weighted by atomic mass is 16.2.